The Labute approximate surface area is 135 Å². The lowest BCUT2D eigenvalue weighted by Gasteiger charge is -2.22. The van der Waals surface area contributed by atoms with E-state index in [4.69, 9.17) is 11.5 Å². The number of hydrogen-bond donors (Lipinski definition) is 4. The standard InChI is InChI=1S/C16H20N2O4S/c17-13-5-1-11(2-6-13)15(9-19)23(21,22)16(10-20)12-3-7-14(18)8-4-12/h1-8,15-16,19-20H,9-10,17-18H2. The van der Waals surface area contributed by atoms with Gasteiger partial charge in [-0.25, -0.2) is 8.42 Å². The molecule has 6 nitrogen and oxygen atoms in total. The number of sulfone groups is 1. The summed E-state index contributed by atoms with van der Waals surface area (Å²) in [5.41, 5.74) is 13.1. The van der Waals surface area contributed by atoms with Crippen LogP contribution in [-0.4, -0.2) is 31.8 Å². The lowest BCUT2D eigenvalue weighted by Crippen LogP contribution is -2.26. The number of hydrogen-bond acceptors (Lipinski definition) is 6. The SMILES string of the molecule is Nc1ccc(C(CO)S(=O)(=O)C(CO)c2ccc(N)cc2)cc1. The van der Waals surface area contributed by atoms with Gasteiger partial charge in [-0.2, -0.15) is 0 Å². The molecule has 6 N–H and O–H groups in total. The van der Waals surface area contributed by atoms with Gasteiger partial charge in [-0.1, -0.05) is 24.3 Å². The highest BCUT2D eigenvalue weighted by atomic mass is 32.2. The third-order valence-corrected chi connectivity index (χ3v) is 6.17. The molecular formula is C16H20N2O4S. The van der Waals surface area contributed by atoms with Crippen LogP contribution >= 0.6 is 0 Å². The highest BCUT2D eigenvalue weighted by molar-refractivity contribution is 7.92. The molecule has 0 saturated carbocycles. The molecule has 2 unspecified atom stereocenters. The van der Waals surface area contributed by atoms with Crippen molar-refractivity contribution in [3.63, 3.8) is 0 Å². The number of nitrogens with two attached hydrogens (primary N) is 2. The van der Waals surface area contributed by atoms with Crippen LogP contribution in [0.25, 0.3) is 0 Å². The molecule has 2 atom stereocenters. The predicted octanol–water partition coefficient (Wildman–Crippen LogP) is 1.03. The molecule has 0 bridgehead atoms. The molecule has 0 aliphatic heterocycles. The van der Waals surface area contributed by atoms with Crippen LogP contribution < -0.4 is 11.5 Å². The Hall–Kier alpha value is -2.09. The van der Waals surface area contributed by atoms with Gasteiger partial charge in [0.2, 0.25) is 0 Å². The Morgan fingerprint density at radius 1 is 0.739 bits per heavy atom. The Bertz CT molecular complexity index is 683. The zero-order valence-electron chi connectivity index (χ0n) is 12.5. The summed E-state index contributed by atoms with van der Waals surface area (Å²) in [6.07, 6.45) is 0. The van der Waals surface area contributed by atoms with Crippen molar-refractivity contribution in [1.82, 2.24) is 0 Å². The van der Waals surface area contributed by atoms with Crippen molar-refractivity contribution in [2.24, 2.45) is 0 Å². The maximum atomic E-state index is 12.9. The van der Waals surface area contributed by atoms with Gasteiger partial charge in [0.25, 0.3) is 0 Å². The number of benzene rings is 2. The molecule has 0 radical (unpaired) electrons. The van der Waals surface area contributed by atoms with Crippen molar-refractivity contribution in [2.45, 2.75) is 10.5 Å². The van der Waals surface area contributed by atoms with Gasteiger partial charge in [-0.05, 0) is 35.4 Å². The van der Waals surface area contributed by atoms with Gasteiger partial charge < -0.3 is 21.7 Å². The Morgan fingerprint density at radius 2 is 1.04 bits per heavy atom. The van der Waals surface area contributed by atoms with Gasteiger partial charge in [0, 0.05) is 11.4 Å². The second kappa shape index (κ2) is 6.99. The van der Waals surface area contributed by atoms with Crippen molar-refractivity contribution in [3.05, 3.63) is 59.7 Å². The second-order valence-corrected chi connectivity index (χ2v) is 7.58. The molecular weight excluding hydrogens is 316 g/mol. The average molecular weight is 336 g/mol. The molecule has 124 valence electrons. The summed E-state index contributed by atoms with van der Waals surface area (Å²) in [6.45, 7) is -1.17. The molecule has 0 saturated heterocycles. The fourth-order valence-electron chi connectivity index (χ4n) is 2.42. The quantitative estimate of drug-likeness (QED) is 0.584. The van der Waals surface area contributed by atoms with Crippen LogP contribution in [0.15, 0.2) is 48.5 Å². The Balaban J connectivity index is 2.43. The molecule has 7 heteroatoms. The number of rotatable bonds is 6. The van der Waals surface area contributed by atoms with E-state index in [0.717, 1.165) is 0 Å². The number of anilines is 2. The van der Waals surface area contributed by atoms with Gasteiger partial charge in [-0.15, -0.1) is 0 Å². The van der Waals surface area contributed by atoms with Crippen LogP contribution in [0.4, 0.5) is 11.4 Å². The van der Waals surface area contributed by atoms with Gasteiger partial charge in [0.05, 0.1) is 13.2 Å². The van der Waals surface area contributed by atoms with Crippen LogP contribution in [0, 0.1) is 0 Å². The fourth-order valence-corrected chi connectivity index (χ4v) is 4.30. The molecule has 0 fully saturated rings. The van der Waals surface area contributed by atoms with Crippen LogP contribution in [0.5, 0.6) is 0 Å². The summed E-state index contributed by atoms with van der Waals surface area (Å²) in [5.74, 6) is 0. The summed E-state index contributed by atoms with van der Waals surface area (Å²) in [4.78, 5) is 0. The minimum atomic E-state index is -3.88. The molecule has 2 aromatic carbocycles. The van der Waals surface area contributed by atoms with E-state index in [2.05, 4.69) is 0 Å². The second-order valence-electron chi connectivity index (χ2n) is 5.26. The molecule has 2 aromatic rings. The van der Waals surface area contributed by atoms with E-state index in [0.29, 0.717) is 22.5 Å². The van der Waals surface area contributed by atoms with Crippen molar-refractivity contribution in [3.8, 4) is 0 Å². The first-order chi connectivity index (χ1) is 10.9. The van der Waals surface area contributed by atoms with Gasteiger partial charge in [-0.3, -0.25) is 0 Å². The molecule has 0 spiro atoms. The first-order valence-electron chi connectivity index (χ1n) is 7.05. The van der Waals surface area contributed by atoms with Crippen molar-refractivity contribution in [1.29, 1.82) is 0 Å². The summed E-state index contributed by atoms with van der Waals surface area (Å²) in [5, 5.41) is 16.9. The monoisotopic (exact) mass is 336 g/mol. The maximum Gasteiger partial charge on any atom is 0.168 e. The molecule has 0 aliphatic carbocycles. The fraction of sp³-hybridized carbons (Fsp3) is 0.250. The number of aliphatic hydroxyl groups excluding tert-OH is 2. The van der Waals surface area contributed by atoms with E-state index >= 15 is 0 Å². The van der Waals surface area contributed by atoms with Crippen molar-refractivity contribution < 1.29 is 18.6 Å². The third kappa shape index (κ3) is 3.64. The number of nitrogen functional groups attached to an aromatic ring is 2. The predicted molar refractivity (Wildman–Crippen MR) is 90.3 cm³/mol. The summed E-state index contributed by atoms with van der Waals surface area (Å²) in [7, 11) is -3.88. The van der Waals surface area contributed by atoms with E-state index in [1.165, 1.54) is 0 Å². The number of aliphatic hydroxyl groups is 2. The molecule has 0 aliphatic rings. The van der Waals surface area contributed by atoms with Crippen LogP contribution in [-0.2, 0) is 9.84 Å². The normalized spacial score (nSPS) is 14.3. The lowest BCUT2D eigenvalue weighted by atomic mass is 10.1. The first-order valence-corrected chi connectivity index (χ1v) is 8.66. The minimum Gasteiger partial charge on any atom is -0.399 e. The van der Waals surface area contributed by atoms with Crippen molar-refractivity contribution in [2.75, 3.05) is 24.7 Å². The largest absolute Gasteiger partial charge is 0.399 e. The van der Waals surface area contributed by atoms with E-state index < -0.39 is 33.6 Å². The summed E-state index contributed by atoms with van der Waals surface area (Å²) >= 11 is 0. The Morgan fingerprint density at radius 3 is 1.30 bits per heavy atom. The molecule has 23 heavy (non-hydrogen) atoms. The maximum absolute atomic E-state index is 12.9. The van der Waals surface area contributed by atoms with E-state index in [-0.39, 0.29) is 0 Å². The van der Waals surface area contributed by atoms with E-state index in [9.17, 15) is 18.6 Å². The van der Waals surface area contributed by atoms with Crippen LogP contribution in [0.2, 0.25) is 0 Å². The topological polar surface area (TPSA) is 127 Å². The molecule has 0 amide bonds. The zero-order valence-corrected chi connectivity index (χ0v) is 13.3. The average Bonchev–Trinajstić information content (AvgIpc) is 2.52. The molecule has 0 aromatic heterocycles. The van der Waals surface area contributed by atoms with Crippen molar-refractivity contribution >= 4 is 21.2 Å². The Kier molecular flexibility index (Phi) is 5.25. The third-order valence-electron chi connectivity index (χ3n) is 3.74. The van der Waals surface area contributed by atoms with Gasteiger partial charge in [0.15, 0.2) is 9.84 Å². The van der Waals surface area contributed by atoms with E-state index in [1.807, 2.05) is 0 Å². The van der Waals surface area contributed by atoms with Gasteiger partial charge >= 0.3 is 0 Å². The molecule has 0 heterocycles. The highest BCUT2D eigenvalue weighted by Crippen LogP contribution is 2.34. The highest BCUT2D eigenvalue weighted by Gasteiger charge is 2.35. The minimum absolute atomic E-state index is 0.426. The van der Waals surface area contributed by atoms with Crippen LogP contribution in [0.3, 0.4) is 0 Å². The smallest absolute Gasteiger partial charge is 0.168 e. The van der Waals surface area contributed by atoms with Gasteiger partial charge in [0.1, 0.15) is 10.5 Å². The molecule has 2 rings (SSSR count). The summed E-state index contributed by atoms with van der Waals surface area (Å²) in [6, 6.07) is 12.5. The lowest BCUT2D eigenvalue weighted by molar-refractivity contribution is 0.279. The first kappa shape index (κ1) is 17.3. The van der Waals surface area contributed by atoms with Crippen LogP contribution in [0.1, 0.15) is 21.6 Å². The van der Waals surface area contributed by atoms with E-state index in [1.54, 1.807) is 48.5 Å². The zero-order chi connectivity index (χ0) is 17.0. The summed E-state index contributed by atoms with van der Waals surface area (Å²) < 4.78 is 25.8.